The lowest BCUT2D eigenvalue weighted by Gasteiger charge is -2.00. The summed E-state index contributed by atoms with van der Waals surface area (Å²) in [6.45, 7) is 0.440. The summed E-state index contributed by atoms with van der Waals surface area (Å²) >= 11 is 0. The predicted molar refractivity (Wildman–Crippen MR) is 90.7 cm³/mol. The number of nitrogens with zero attached hydrogens (tertiary/aromatic N) is 2. The molecule has 0 radical (unpaired) electrons. The molecule has 0 aliphatic rings. The highest BCUT2D eigenvalue weighted by Gasteiger charge is 2.10. The third-order valence-corrected chi connectivity index (χ3v) is 3.67. The molecular formula is C20H13FN2. The van der Waals surface area contributed by atoms with Gasteiger partial charge in [0.1, 0.15) is 5.82 Å². The second kappa shape index (κ2) is 6.22. The molecule has 0 unspecified atom stereocenters. The lowest BCUT2D eigenvalue weighted by Crippen LogP contribution is -1.91. The monoisotopic (exact) mass is 300 g/mol. The minimum atomic E-state index is -0.410. The van der Waals surface area contributed by atoms with Gasteiger partial charge in [0.15, 0.2) is 0 Å². The Morgan fingerprint density at radius 2 is 1.91 bits per heavy atom. The van der Waals surface area contributed by atoms with Crippen molar-refractivity contribution in [1.29, 1.82) is 5.26 Å². The van der Waals surface area contributed by atoms with Crippen molar-refractivity contribution >= 4 is 22.6 Å². The van der Waals surface area contributed by atoms with Gasteiger partial charge in [-0.05, 0) is 18.2 Å². The van der Waals surface area contributed by atoms with E-state index in [1.807, 2.05) is 35.0 Å². The molecule has 0 aliphatic carbocycles. The first-order valence-corrected chi connectivity index (χ1v) is 7.12. The van der Waals surface area contributed by atoms with Crippen LogP contribution in [0.2, 0.25) is 0 Å². The van der Waals surface area contributed by atoms with Crippen LogP contribution in [0.1, 0.15) is 11.1 Å². The van der Waals surface area contributed by atoms with Crippen LogP contribution in [-0.4, -0.2) is 4.57 Å². The number of para-hydroxylation sites is 1. The first kappa shape index (κ1) is 14.6. The Morgan fingerprint density at radius 1 is 1.17 bits per heavy atom. The van der Waals surface area contributed by atoms with E-state index in [4.69, 9.17) is 6.42 Å². The third kappa shape index (κ3) is 2.73. The molecule has 0 spiro atoms. The molecule has 1 aromatic heterocycles. The zero-order valence-corrected chi connectivity index (χ0v) is 12.3. The van der Waals surface area contributed by atoms with E-state index in [9.17, 15) is 9.65 Å². The first-order valence-electron chi connectivity index (χ1n) is 7.12. The summed E-state index contributed by atoms with van der Waals surface area (Å²) in [5.74, 6) is 2.21. The normalized spacial score (nSPS) is 11.2. The Hall–Kier alpha value is -3.30. The van der Waals surface area contributed by atoms with Gasteiger partial charge in [0.25, 0.3) is 0 Å². The number of rotatable bonds is 3. The van der Waals surface area contributed by atoms with E-state index in [0.29, 0.717) is 12.1 Å². The Morgan fingerprint density at radius 3 is 2.65 bits per heavy atom. The lowest BCUT2D eigenvalue weighted by atomic mass is 10.0. The van der Waals surface area contributed by atoms with Gasteiger partial charge in [-0.1, -0.05) is 42.3 Å². The van der Waals surface area contributed by atoms with E-state index in [2.05, 4.69) is 12.0 Å². The molecular weight excluding hydrogens is 287 g/mol. The van der Waals surface area contributed by atoms with Crippen molar-refractivity contribution in [2.24, 2.45) is 0 Å². The summed E-state index contributed by atoms with van der Waals surface area (Å²) in [5, 5.41) is 10.4. The van der Waals surface area contributed by atoms with Crippen molar-refractivity contribution in [3.63, 3.8) is 0 Å². The minimum absolute atomic E-state index is 0.284. The van der Waals surface area contributed by atoms with Crippen molar-refractivity contribution in [1.82, 2.24) is 4.57 Å². The molecule has 0 fully saturated rings. The van der Waals surface area contributed by atoms with Crippen LogP contribution in [-0.2, 0) is 6.54 Å². The highest BCUT2D eigenvalue weighted by molar-refractivity contribution is 5.98. The highest BCUT2D eigenvalue weighted by Crippen LogP contribution is 2.26. The van der Waals surface area contributed by atoms with E-state index in [1.54, 1.807) is 24.3 Å². The van der Waals surface area contributed by atoms with Crippen LogP contribution in [0.5, 0.6) is 0 Å². The Balaban J connectivity index is 2.19. The second-order valence-corrected chi connectivity index (χ2v) is 5.08. The highest BCUT2D eigenvalue weighted by atomic mass is 19.1. The molecule has 2 aromatic carbocycles. The number of aromatic nitrogens is 1. The van der Waals surface area contributed by atoms with Crippen LogP contribution >= 0.6 is 0 Å². The maximum atomic E-state index is 13.9. The molecule has 0 atom stereocenters. The van der Waals surface area contributed by atoms with Gasteiger partial charge in [-0.25, -0.2) is 4.39 Å². The molecule has 0 bridgehead atoms. The smallest absolute Gasteiger partial charge is 0.131 e. The van der Waals surface area contributed by atoms with E-state index < -0.39 is 5.82 Å². The van der Waals surface area contributed by atoms with E-state index in [-0.39, 0.29) is 5.57 Å². The molecule has 110 valence electrons. The topological polar surface area (TPSA) is 28.7 Å². The summed E-state index contributed by atoms with van der Waals surface area (Å²) in [5.41, 5.74) is 2.41. The van der Waals surface area contributed by atoms with Gasteiger partial charge in [0.05, 0.1) is 18.2 Å². The maximum absolute atomic E-state index is 13.9. The fourth-order valence-corrected chi connectivity index (χ4v) is 2.62. The number of fused-ring (bicyclic) bond motifs is 1. The average Bonchev–Trinajstić information content (AvgIpc) is 2.92. The molecule has 23 heavy (non-hydrogen) atoms. The van der Waals surface area contributed by atoms with Gasteiger partial charge in [0.2, 0.25) is 0 Å². The van der Waals surface area contributed by atoms with Crippen LogP contribution in [0.3, 0.4) is 0 Å². The molecule has 0 N–H and O–H groups in total. The number of allylic oxidation sites excluding steroid dienone is 1. The summed E-state index contributed by atoms with van der Waals surface area (Å²) in [6.07, 6.45) is 9.00. The van der Waals surface area contributed by atoms with Gasteiger partial charge >= 0.3 is 0 Å². The van der Waals surface area contributed by atoms with Gasteiger partial charge in [-0.15, -0.1) is 6.42 Å². The van der Waals surface area contributed by atoms with Crippen molar-refractivity contribution in [2.75, 3.05) is 0 Å². The van der Waals surface area contributed by atoms with Crippen molar-refractivity contribution in [3.8, 4) is 18.4 Å². The van der Waals surface area contributed by atoms with Gasteiger partial charge in [-0.2, -0.15) is 5.26 Å². The zero-order valence-electron chi connectivity index (χ0n) is 12.3. The Kier molecular flexibility index (Phi) is 3.95. The number of benzene rings is 2. The molecule has 0 saturated carbocycles. The quantitative estimate of drug-likeness (QED) is 0.518. The molecule has 0 aliphatic heterocycles. The Labute approximate surface area is 134 Å². The second-order valence-electron chi connectivity index (χ2n) is 5.08. The van der Waals surface area contributed by atoms with Crippen molar-refractivity contribution < 1.29 is 4.39 Å². The lowest BCUT2D eigenvalue weighted by molar-refractivity contribution is 0.624. The largest absolute Gasteiger partial charge is 0.335 e. The van der Waals surface area contributed by atoms with E-state index >= 15 is 0 Å². The van der Waals surface area contributed by atoms with Crippen LogP contribution in [0.4, 0.5) is 4.39 Å². The summed E-state index contributed by atoms with van der Waals surface area (Å²) in [7, 11) is 0. The third-order valence-electron chi connectivity index (χ3n) is 3.67. The Bertz CT molecular complexity index is 981. The number of nitriles is 1. The molecule has 3 heteroatoms. The zero-order chi connectivity index (χ0) is 16.2. The van der Waals surface area contributed by atoms with Crippen LogP contribution < -0.4 is 0 Å². The number of hydrogen-bond donors (Lipinski definition) is 0. The minimum Gasteiger partial charge on any atom is -0.335 e. The number of halogens is 1. The van der Waals surface area contributed by atoms with Crippen molar-refractivity contribution in [2.45, 2.75) is 6.54 Å². The SMILES string of the molecule is C#CCn1cc(/C=C(/C#N)c2ccccc2F)c2ccccc21. The summed E-state index contributed by atoms with van der Waals surface area (Å²) < 4.78 is 15.9. The molecule has 0 amide bonds. The molecule has 3 aromatic rings. The average molecular weight is 300 g/mol. The predicted octanol–water partition coefficient (Wildman–Crippen LogP) is 4.48. The molecule has 3 rings (SSSR count). The van der Waals surface area contributed by atoms with Gasteiger partial charge < -0.3 is 4.57 Å². The standard InChI is InChI=1S/C20H13FN2/c1-2-11-23-14-16(18-8-4-6-10-20(18)23)12-15(13-22)17-7-3-5-9-19(17)21/h1,3-10,12,14H,11H2/b15-12-. The first-order chi connectivity index (χ1) is 11.2. The molecule has 2 nitrogen and oxygen atoms in total. The van der Waals surface area contributed by atoms with E-state index in [0.717, 1.165) is 16.5 Å². The van der Waals surface area contributed by atoms with Crippen LogP contribution in [0, 0.1) is 29.5 Å². The fourth-order valence-electron chi connectivity index (χ4n) is 2.62. The maximum Gasteiger partial charge on any atom is 0.131 e. The van der Waals surface area contributed by atoms with Gasteiger partial charge in [0, 0.05) is 28.2 Å². The number of terminal acetylenes is 1. The number of hydrogen-bond acceptors (Lipinski definition) is 1. The van der Waals surface area contributed by atoms with Crippen molar-refractivity contribution in [3.05, 3.63) is 71.7 Å². The molecule has 0 saturated heterocycles. The summed E-state index contributed by atoms with van der Waals surface area (Å²) in [4.78, 5) is 0. The summed E-state index contributed by atoms with van der Waals surface area (Å²) in [6, 6.07) is 16.1. The van der Waals surface area contributed by atoms with Crippen LogP contribution in [0.15, 0.2) is 54.7 Å². The van der Waals surface area contributed by atoms with Crippen LogP contribution in [0.25, 0.3) is 22.6 Å². The van der Waals surface area contributed by atoms with Gasteiger partial charge in [-0.3, -0.25) is 0 Å². The molecule has 1 heterocycles. The van der Waals surface area contributed by atoms with E-state index in [1.165, 1.54) is 6.07 Å². The fraction of sp³-hybridized carbons (Fsp3) is 0.0500.